The first kappa shape index (κ1) is 11.2. The second kappa shape index (κ2) is 3.81. The fourth-order valence-corrected chi connectivity index (χ4v) is 2.18. The number of benzene rings is 1. The fraction of sp³-hybridized carbons (Fsp3) is 0.385. The molecule has 1 aromatic carbocycles. The SMILES string of the molecule is CN(C(=O)C1(CN)CC1)c1ccc2ncoc2c1. The van der Waals surface area contributed by atoms with Crippen molar-refractivity contribution in [3.63, 3.8) is 0 Å². The quantitative estimate of drug-likeness (QED) is 0.890. The molecule has 1 amide bonds. The van der Waals surface area contributed by atoms with E-state index in [1.807, 2.05) is 18.2 Å². The maximum Gasteiger partial charge on any atom is 0.234 e. The average molecular weight is 245 g/mol. The van der Waals surface area contributed by atoms with Crippen LogP contribution in [-0.2, 0) is 4.79 Å². The van der Waals surface area contributed by atoms with Crippen LogP contribution in [0.3, 0.4) is 0 Å². The molecule has 0 spiro atoms. The van der Waals surface area contributed by atoms with Crippen LogP contribution >= 0.6 is 0 Å². The minimum absolute atomic E-state index is 0.0869. The Balaban J connectivity index is 1.91. The number of hydrogen-bond acceptors (Lipinski definition) is 4. The highest BCUT2D eigenvalue weighted by molar-refractivity contribution is 6.00. The molecular formula is C13H15N3O2. The van der Waals surface area contributed by atoms with Crippen molar-refractivity contribution in [2.24, 2.45) is 11.1 Å². The summed E-state index contributed by atoms with van der Waals surface area (Å²) in [4.78, 5) is 18.0. The van der Waals surface area contributed by atoms with Crippen molar-refractivity contribution in [2.75, 3.05) is 18.5 Å². The van der Waals surface area contributed by atoms with E-state index >= 15 is 0 Å². The van der Waals surface area contributed by atoms with Crippen LogP contribution in [-0.4, -0.2) is 24.5 Å². The van der Waals surface area contributed by atoms with Crippen molar-refractivity contribution in [1.29, 1.82) is 0 Å². The predicted octanol–water partition coefficient (Wildman–Crippen LogP) is 1.53. The lowest BCUT2D eigenvalue weighted by Crippen LogP contribution is -2.38. The minimum Gasteiger partial charge on any atom is -0.443 e. The van der Waals surface area contributed by atoms with Crippen molar-refractivity contribution in [1.82, 2.24) is 4.98 Å². The van der Waals surface area contributed by atoms with Crippen molar-refractivity contribution in [3.05, 3.63) is 24.6 Å². The molecule has 1 heterocycles. The Morgan fingerprint density at radius 3 is 3.00 bits per heavy atom. The number of carbonyl (C=O) groups is 1. The zero-order valence-electron chi connectivity index (χ0n) is 10.2. The van der Waals surface area contributed by atoms with Gasteiger partial charge in [0.2, 0.25) is 5.91 Å². The summed E-state index contributed by atoms with van der Waals surface area (Å²) in [5, 5.41) is 0. The number of carbonyl (C=O) groups excluding carboxylic acids is 1. The van der Waals surface area contributed by atoms with E-state index in [-0.39, 0.29) is 11.3 Å². The van der Waals surface area contributed by atoms with Crippen molar-refractivity contribution >= 4 is 22.7 Å². The molecular weight excluding hydrogens is 230 g/mol. The van der Waals surface area contributed by atoms with Crippen molar-refractivity contribution in [2.45, 2.75) is 12.8 Å². The Kier molecular flexibility index (Phi) is 2.38. The Morgan fingerprint density at radius 1 is 1.56 bits per heavy atom. The maximum atomic E-state index is 12.3. The molecule has 1 aliphatic rings. The van der Waals surface area contributed by atoms with Crippen LogP contribution < -0.4 is 10.6 Å². The van der Waals surface area contributed by atoms with Gasteiger partial charge in [0.15, 0.2) is 12.0 Å². The number of rotatable bonds is 3. The van der Waals surface area contributed by atoms with E-state index in [0.29, 0.717) is 12.1 Å². The lowest BCUT2D eigenvalue weighted by atomic mass is 10.1. The molecule has 0 unspecified atom stereocenters. The molecule has 94 valence electrons. The summed E-state index contributed by atoms with van der Waals surface area (Å²) in [5.74, 6) is 0.0869. The van der Waals surface area contributed by atoms with E-state index in [1.165, 1.54) is 6.39 Å². The summed E-state index contributed by atoms with van der Waals surface area (Å²) >= 11 is 0. The van der Waals surface area contributed by atoms with Gasteiger partial charge in [0, 0.05) is 25.3 Å². The molecule has 0 aliphatic heterocycles. The smallest absolute Gasteiger partial charge is 0.234 e. The molecule has 5 heteroatoms. The van der Waals surface area contributed by atoms with E-state index in [0.717, 1.165) is 24.0 Å². The summed E-state index contributed by atoms with van der Waals surface area (Å²) < 4.78 is 5.24. The van der Waals surface area contributed by atoms with Gasteiger partial charge < -0.3 is 15.1 Å². The largest absolute Gasteiger partial charge is 0.443 e. The third-order valence-corrected chi connectivity index (χ3v) is 3.70. The average Bonchev–Trinajstić information content (AvgIpc) is 3.07. The van der Waals surface area contributed by atoms with Gasteiger partial charge >= 0.3 is 0 Å². The number of anilines is 1. The van der Waals surface area contributed by atoms with E-state index < -0.39 is 0 Å². The third-order valence-electron chi connectivity index (χ3n) is 3.70. The number of hydrogen-bond donors (Lipinski definition) is 1. The van der Waals surface area contributed by atoms with E-state index in [1.54, 1.807) is 11.9 Å². The predicted molar refractivity (Wildman–Crippen MR) is 68.1 cm³/mol. The summed E-state index contributed by atoms with van der Waals surface area (Å²) in [6.45, 7) is 0.417. The number of oxazole rings is 1. The Labute approximate surface area is 105 Å². The molecule has 0 radical (unpaired) electrons. The molecule has 1 saturated carbocycles. The number of aromatic nitrogens is 1. The fourth-order valence-electron chi connectivity index (χ4n) is 2.18. The first-order valence-electron chi connectivity index (χ1n) is 5.98. The van der Waals surface area contributed by atoms with Gasteiger partial charge in [-0.1, -0.05) is 0 Å². The first-order chi connectivity index (χ1) is 8.66. The van der Waals surface area contributed by atoms with Gasteiger partial charge in [-0.25, -0.2) is 4.98 Å². The van der Waals surface area contributed by atoms with Crippen LogP contribution in [0.15, 0.2) is 29.0 Å². The molecule has 5 nitrogen and oxygen atoms in total. The highest BCUT2D eigenvalue weighted by Gasteiger charge is 2.50. The van der Waals surface area contributed by atoms with Crippen LogP contribution in [0.1, 0.15) is 12.8 Å². The Morgan fingerprint density at radius 2 is 2.33 bits per heavy atom. The van der Waals surface area contributed by atoms with Gasteiger partial charge in [-0.15, -0.1) is 0 Å². The van der Waals surface area contributed by atoms with Gasteiger partial charge in [-0.3, -0.25) is 4.79 Å². The van der Waals surface area contributed by atoms with Gasteiger partial charge in [0.05, 0.1) is 5.41 Å². The topological polar surface area (TPSA) is 72.4 Å². The zero-order chi connectivity index (χ0) is 12.8. The molecule has 1 aromatic heterocycles. The summed E-state index contributed by atoms with van der Waals surface area (Å²) in [7, 11) is 1.77. The second-order valence-corrected chi connectivity index (χ2v) is 4.85. The summed E-state index contributed by atoms with van der Waals surface area (Å²) in [5.41, 5.74) is 7.64. The summed E-state index contributed by atoms with van der Waals surface area (Å²) in [6.07, 6.45) is 3.17. The second-order valence-electron chi connectivity index (χ2n) is 4.85. The third kappa shape index (κ3) is 1.59. The lowest BCUT2D eigenvalue weighted by molar-refractivity contribution is -0.123. The normalized spacial score (nSPS) is 16.8. The highest BCUT2D eigenvalue weighted by atomic mass is 16.3. The van der Waals surface area contributed by atoms with Crippen LogP contribution in [0.2, 0.25) is 0 Å². The number of fused-ring (bicyclic) bond motifs is 1. The first-order valence-corrected chi connectivity index (χ1v) is 5.98. The van der Waals surface area contributed by atoms with Crippen LogP contribution in [0.4, 0.5) is 5.69 Å². The minimum atomic E-state index is -0.328. The molecule has 0 atom stereocenters. The van der Waals surface area contributed by atoms with Crippen LogP contribution in [0.25, 0.3) is 11.1 Å². The molecule has 2 N–H and O–H groups in total. The van der Waals surface area contributed by atoms with Crippen molar-refractivity contribution in [3.8, 4) is 0 Å². The van der Waals surface area contributed by atoms with Crippen LogP contribution in [0, 0.1) is 5.41 Å². The van der Waals surface area contributed by atoms with Gasteiger partial charge in [-0.05, 0) is 25.0 Å². The number of nitrogens with two attached hydrogens (primary N) is 1. The Bertz CT molecular complexity index is 601. The molecule has 1 fully saturated rings. The van der Waals surface area contributed by atoms with E-state index in [9.17, 15) is 4.79 Å². The molecule has 1 aliphatic carbocycles. The van der Waals surface area contributed by atoms with Crippen molar-refractivity contribution < 1.29 is 9.21 Å². The van der Waals surface area contributed by atoms with Crippen LogP contribution in [0.5, 0.6) is 0 Å². The van der Waals surface area contributed by atoms with Gasteiger partial charge in [-0.2, -0.15) is 0 Å². The number of nitrogens with zero attached hydrogens (tertiary/aromatic N) is 2. The molecule has 2 aromatic rings. The molecule has 18 heavy (non-hydrogen) atoms. The number of amides is 1. The molecule has 3 rings (SSSR count). The maximum absolute atomic E-state index is 12.3. The lowest BCUT2D eigenvalue weighted by Gasteiger charge is -2.22. The monoisotopic (exact) mass is 245 g/mol. The molecule has 0 saturated heterocycles. The van der Waals surface area contributed by atoms with E-state index in [4.69, 9.17) is 10.2 Å². The highest BCUT2D eigenvalue weighted by Crippen LogP contribution is 2.46. The van der Waals surface area contributed by atoms with Gasteiger partial charge in [0.25, 0.3) is 0 Å². The summed E-state index contributed by atoms with van der Waals surface area (Å²) in [6, 6.07) is 5.54. The zero-order valence-corrected chi connectivity index (χ0v) is 10.2. The molecule has 0 bridgehead atoms. The Hall–Kier alpha value is -1.88. The van der Waals surface area contributed by atoms with Gasteiger partial charge in [0.1, 0.15) is 5.52 Å². The van der Waals surface area contributed by atoms with E-state index in [2.05, 4.69) is 4.98 Å². The standard InChI is InChI=1S/C13H15N3O2/c1-16(12(17)13(7-14)4-5-13)9-2-3-10-11(6-9)18-8-15-10/h2-3,6,8H,4-5,7,14H2,1H3.